The molecule has 0 atom stereocenters. The van der Waals surface area contributed by atoms with Crippen molar-refractivity contribution in [3.05, 3.63) is 41.5 Å². The number of hydrogen-bond acceptors (Lipinski definition) is 6. The summed E-state index contributed by atoms with van der Waals surface area (Å²) in [5.74, 6) is 1.54. The number of benzene rings is 2. The van der Waals surface area contributed by atoms with Gasteiger partial charge in [0.2, 0.25) is 5.75 Å². The summed E-state index contributed by atoms with van der Waals surface area (Å²) in [5.41, 5.74) is 2.99. The number of carbonyl (C=O) groups excluding carboxylic acids is 2. The summed E-state index contributed by atoms with van der Waals surface area (Å²) in [7, 11) is 3.15. The molecule has 2 aromatic rings. The van der Waals surface area contributed by atoms with Crippen molar-refractivity contribution >= 4 is 11.8 Å². The van der Waals surface area contributed by atoms with Gasteiger partial charge in [-0.15, -0.1) is 0 Å². The highest BCUT2D eigenvalue weighted by molar-refractivity contribution is 6.01. The van der Waals surface area contributed by atoms with Crippen LogP contribution < -0.4 is 14.2 Å². The quantitative estimate of drug-likeness (QED) is 0.576. The number of rotatable bonds is 8. The maximum absolute atomic E-state index is 12.6. The Hall–Kier alpha value is -3.02. The fourth-order valence-corrected chi connectivity index (χ4v) is 4.40. The van der Waals surface area contributed by atoms with E-state index in [4.69, 9.17) is 18.9 Å². The Morgan fingerprint density at radius 3 is 2.42 bits per heavy atom. The first-order chi connectivity index (χ1) is 15.0. The lowest BCUT2D eigenvalue weighted by Gasteiger charge is -2.38. The highest BCUT2D eigenvalue weighted by Crippen LogP contribution is 2.48. The molecule has 2 aliphatic rings. The van der Waals surface area contributed by atoms with Gasteiger partial charge in [-0.1, -0.05) is 24.6 Å². The van der Waals surface area contributed by atoms with E-state index in [2.05, 4.69) is 0 Å². The Bertz CT molecular complexity index is 1010. The van der Waals surface area contributed by atoms with Crippen molar-refractivity contribution < 1.29 is 28.5 Å². The van der Waals surface area contributed by atoms with Crippen LogP contribution in [0.1, 0.15) is 48.5 Å². The van der Waals surface area contributed by atoms with Gasteiger partial charge in [-0.25, -0.2) is 0 Å². The smallest absolute Gasteiger partial charge is 0.315 e. The van der Waals surface area contributed by atoms with Crippen LogP contribution in [0.4, 0.5) is 0 Å². The maximum atomic E-state index is 12.6. The van der Waals surface area contributed by atoms with E-state index in [1.54, 1.807) is 14.2 Å². The summed E-state index contributed by atoms with van der Waals surface area (Å²) < 4.78 is 22.7. The minimum Gasteiger partial charge on any atom is -0.493 e. The van der Waals surface area contributed by atoms with E-state index in [0.717, 1.165) is 47.9 Å². The Kier molecular flexibility index (Phi) is 5.90. The van der Waals surface area contributed by atoms with Gasteiger partial charge in [0.25, 0.3) is 0 Å². The molecule has 0 unspecified atom stereocenters. The van der Waals surface area contributed by atoms with Crippen molar-refractivity contribution in [2.75, 3.05) is 27.4 Å². The zero-order valence-corrected chi connectivity index (χ0v) is 18.3. The predicted octanol–water partition coefficient (Wildman–Crippen LogP) is 4.61. The summed E-state index contributed by atoms with van der Waals surface area (Å²) in [5, 5.41) is 0. The second kappa shape index (κ2) is 8.61. The normalized spacial score (nSPS) is 16.3. The molecule has 1 saturated carbocycles. The first-order valence-electron chi connectivity index (χ1n) is 10.7. The van der Waals surface area contributed by atoms with Crippen molar-refractivity contribution in [2.45, 2.75) is 39.0 Å². The minimum absolute atomic E-state index is 0.187. The average molecular weight is 424 g/mol. The minimum atomic E-state index is -0.619. The highest BCUT2D eigenvalue weighted by Gasteiger charge is 2.46. The molecule has 31 heavy (non-hydrogen) atoms. The van der Waals surface area contributed by atoms with Gasteiger partial charge in [0.05, 0.1) is 20.8 Å². The number of aryl methyl sites for hydroxylation is 1. The lowest BCUT2D eigenvalue weighted by Crippen LogP contribution is -2.44. The third-order valence-corrected chi connectivity index (χ3v) is 6.35. The molecule has 2 aliphatic carbocycles. The number of ether oxygens (including phenoxy) is 4. The van der Waals surface area contributed by atoms with Crippen LogP contribution in [0.3, 0.4) is 0 Å². The Morgan fingerprint density at radius 2 is 1.77 bits per heavy atom. The number of ketones is 1. The van der Waals surface area contributed by atoms with Gasteiger partial charge < -0.3 is 18.9 Å². The molecular formula is C25H28O6. The van der Waals surface area contributed by atoms with Crippen molar-refractivity contribution in [1.29, 1.82) is 0 Å². The van der Waals surface area contributed by atoms with Crippen molar-refractivity contribution in [3.63, 3.8) is 0 Å². The summed E-state index contributed by atoms with van der Waals surface area (Å²) in [6.45, 7) is 2.38. The van der Waals surface area contributed by atoms with Crippen LogP contribution in [0.15, 0.2) is 30.3 Å². The van der Waals surface area contributed by atoms with Crippen LogP contribution in [-0.2, 0) is 16.0 Å². The van der Waals surface area contributed by atoms with Crippen molar-refractivity contribution in [1.82, 2.24) is 0 Å². The predicted molar refractivity (Wildman–Crippen MR) is 116 cm³/mol. The summed E-state index contributed by atoms with van der Waals surface area (Å²) in [4.78, 5) is 24.6. The van der Waals surface area contributed by atoms with Crippen LogP contribution in [0.5, 0.6) is 17.2 Å². The van der Waals surface area contributed by atoms with Gasteiger partial charge >= 0.3 is 5.97 Å². The highest BCUT2D eigenvalue weighted by atomic mass is 16.5. The molecule has 0 saturated heterocycles. The number of fused-ring (bicyclic) bond motifs is 1. The van der Waals surface area contributed by atoms with Gasteiger partial charge in [-0.2, -0.15) is 0 Å². The van der Waals surface area contributed by atoms with Crippen LogP contribution in [0, 0.1) is 5.41 Å². The van der Waals surface area contributed by atoms with Crippen molar-refractivity contribution in [3.8, 4) is 28.4 Å². The molecule has 6 nitrogen and oxygen atoms in total. The topological polar surface area (TPSA) is 71.1 Å². The molecule has 164 valence electrons. The number of Topliss-reactive ketones (excluding diaryl/α,β-unsaturated/α-hetero) is 1. The Labute approximate surface area is 182 Å². The summed E-state index contributed by atoms with van der Waals surface area (Å²) in [6, 6.07) is 9.61. The van der Waals surface area contributed by atoms with Crippen LogP contribution >= 0.6 is 0 Å². The van der Waals surface area contributed by atoms with E-state index < -0.39 is 5.41 Å². The number of methoxy groups -OCH3 is 2. The standard InChI is InChI=1S/C25H28O6/c1-4-30-24(27)25(12-5-13-25)15-31-22-19(9-11-21(28-2)23(22)29-3)17-6-8-18-16(14-17)7-10-20(18)26/h6,8-9,11,14H,4-5,7,10,12-13,15H2,1-3H3. The number of carbonyl (C=O) groups is 2. The molecule has 4 rings (SSSR count). The SMILES string of the molecule is CCOC(=O)C1(COc2c(-c3ccc4c(c3)CCC4=O)ccc(OC)c2OC)CCC1. The van der Waals surface area contributed by atoms with Crippen LogP contribution in [0.2, 0.25) is 0 Å². The fourth-order valence-electron chi connectivity index (χ4n) is 4.40. The van der Waals surface area contributed by atoms with E-state index >= 15 is 0 Å². The molecule has 6 heteroatoms. The van der Waals surface area contributed by atoms with Crippen molar-refractivity contribution in [2.24, 2.45) is 5.41 Å². The second-order valence-corrected chi connectivity index (χ2v) is 8.12. The zero-order chi connectivity index (χ0) is 22.0. The molecule has 1 fully saturated rings. The maximum Gasteiger partial charge on any atom is 0.315 e. The van der Waals surface area contributed by atoms with Gasteiger partial charge in [-0.05, 0) is 49.4 Å². The fraction of sp³-hybridized carbons (Fsp3) is 0.440. The lowest BCUT2D eigenvalue weighted by molar-refractivity contribution is -0.163. The summed E-state index contributed by atoms with van der Waals surface area (Å²) in [6.07, 6.45) is 3.76. The third-order valence-electron chi connectivity index (χ3n) is 6.35. The monoisotopic (exact) mass is 424 g/mol. The average Bonchev–Trinajstić information content (AvgIpc) is 3.12. The van der Waals surface area contributed by atoms with E-state index in [1.165, 1.54) is 0 Å². The molecular weight excluding hydrogens is 396 g/mol. The van der Waals surface area contributed by atoms with Crippen LogP contribution in [0.25, 0.3) is 11.1 Å². The number of hydrogen-bond donors (Lipinski definition) is 0. The lowest BCUT2D eigenvalue weighted by atomic mass is 9.69. The molecule has 0 aromatic heterocycles. The van der Waals surface area contributed by atoms with Gasteiger partial charge in [0.1, 0.15) is 12.0 Å². The summed E-state index contributed by atoms with van der Waals surface area (Å²) >= 11 is 0. The van der Waals surface area contributed by atoms with Gasteiger partial charge in [0, 0.05) is 17.5 Å². The first kappa shape index (κ1) is 21.2. The second-order valence-electron chi connectivity index (χ2n) is 8.12. The molecule has 0 radical (unpaired) electrons. The van der Waals surface area contributed by atoms with E-state index in [0.29, 0.717) is 30.3 Å². The molecule has 0 heterocycles. The zero-order valence-electron chi connectivity index (χ0n) is 18.3. The molecule has 0 bridgehead atoms. The number of esters is 1. The van der Waals surface area contributed by atoms with Gasteiger partial charge in [0.15, 0.2) is 17.3 Å². The van der Waals surface area contributed by atoms with Gasteiger partial charge in [-0.3, -0.25) is 9.59 Å². The molecule has 0 amide bonds. The molecule has 2 aromatic carbocycles. The third kappa shape index (κ3) is 3.75. The Balaban J connectivity index is 1.72. The molecule has 0 spiro atoms. The van der Waals surface area contributed by atoms with E-state index in [1.807, 2.05) is 37.3 Å². The first-order valence-corrected chi connectivity index (χ1v) is 10.7. The van der Waals surface area contributed by atoms with Crippen LogP contribution in [-0.4, -0.2) is 39.2 Å². The largest absolute Gasteiger partial charge is 0.493 e. The van der Waals surface area contributed by atoms with E-state index in [9.17, 15) is 9.59 Å². The van der Waals surface area contributed by atoms with E-state index in [-0.39, 0.29) is 18.4 Å². The Morgan fingerprint density at radius 1 is 1.00 bits per heavy atom. The molecule has 0 N–H and O–H groups in total. The molecule has 0 aliphatic heterocycles.